The van der Waals surface area contributed by atoms with Crippen LogP contribution in [0.2, 0.25) is 0 Å². The van der Waals surface area contributed by atoms with E-state index in [1.165, 1.54) is 12.3 Å². The zero-order valence-corrected chi connectivity index (χ0v) is 18.0. The van der Waals surface area contributed by atoms with Gasteiger partial charge in [-0.25, -0.2) is 0 Å². The van der Waals surface area contributed by atoms with Crippen molar-refractivity contribution in [3.63, 3.8) is 0 Å². The van der Waals surface area contributed by atoms with E-state index in [-0.39, 0.29) is 5.76 Å². The quantitative estimate of drug-likeness (QED) is 0.336. The second-order valence-corrected chi connectivity index (χ2v) is 7.05. The lowest BCUT2D eigenvalue weighted by molar-refractivity contribution is 0.0965. The van der Waals surface area contributed by atoms with E-state index in [2.05, 4.69) is 25.4 Å². The van der Waals surface area contributed by atoms with Crippen LogP contribution in [0.25, 0.3) is 11.1 Å². The lowest BCUT2D eigenvalue weighted by atomic mass is 9.97. The predicted octanol–water partition coefficient (Wildman–Crippen LogP) is 3.75. The van der Waals surface area contributed by atoms with Crippen molar-refractivity contribution in [3.8, 4) is 11.1 Å². The molecule has 4 rings (SSSR count). The minimum Gasteiger partial charge on any atom is -0.364 e. The number of benzene rings is 2. The van der Waals surface area contributed by atoms with Crippen molar-refractivity contribution in [3.05, 3.63) is 102 Å². The number of rotatable bonds is 7. The van der Waals surface area contributed by atoms with Crippen molar-refractivity contribution in [2.45, 2.75) is 6.54 Å². The first-order valence-electron chi connectivity index (χ1n) is 10.3. The van der Waals surface area contributed by atoms with Gasteiger partial charge in [0.2, 0.25) is 5.76 Å². The van der Waals surface area contributed by atoms with E-state index in [0.717, 1.165) is 22.4 Å². The van der Waals surface area contributed by atoms with Crippen LogP contribution in [-0.4, -0.2) is 35.1 Å². The highest BCUT2D eigenvalue weighted by Gasteiger charge is 2.16. The molecular formula is C25H22N6O2. The fourth-order valence-electron chi connectivity index (χ4n) is 3.31. The molecule has 33 heavy (non-hydrogen) atoms. The van der Waals surface area contributed by atoms with Crippen molar-refractivity contribution in [2.24, 2.45) is 15.7 Å². The van der Waals surface area contributed by atoms with E-state index in [1.54, 1.807) is 13.2 Å². The predicted molar refractivity (Wildman–Crippen MR) is 128 cm³/mol. The molecule has 1 amide bonds. The van der Waals surface area contributed by atoms with E-state index in [0.29, 0.717) is 23.8 Å². The number of nitrogens with two attached hydrogens (primary N) is 1. The molecule has 8 heteroatoms. The average Bonchev–Trinajstić information content (AvgIpc) is 3.34. The number of carbonyl (C=O) groups excluding carboxylic acids is 1. The van der Waals surface area contributed by atoms with Gasteiger partial charge in [-0.1, -0.05) is 53.7 Å². The van der Waals surface area contributed by atoms with Crippen molar-refractivity contribution < 1.29 is 9.32 Å². The number of amides is 1. The number of carbonyl (C=O) groups is 1. The molecule has 3 N–H and O–H groups in total. The highest BCUT2D eigenvalue weighted by molar-refractivity contribution is 6.09. The summed E-state index contributed by atoms with van der Waals surface area (Å²) in [5.41, 5.74) is 10.0. The topological polar surface area (TPSA) is 119 Å². The molecule has 0 spiro atoms. The van der Waals surface area contributed by atoms with Gasteiger partial charge >= 0.3 is 0 Å². The highest BCUT2D eigenvalue weighted by Crippen LogP contribution is 2.31. The van der Waals surface area contributed by atoms with Crippen molar-refractivity contribution in [2.75, 3.05) is 7.05 Å². The molecule has 0 saturated heterocycles. The number of hydrogen-bond donors (Lipinski definition) is 2. The van der Waals surface area contributed by atoms with E-state index in [4.69, 9.17) is 10.3 Å². The molecule has 2 aromatic heterocycles. The molecule has 164 valence electrons. The summed E-state index contributed by atoms with van der Waals surface area (Å²) in [6, 6.07) is 23.1. The van der Waals surface area contributed by atoms with Crippen LogP contribution in [0.15, 0.2) is 93.5 Å². The van der Waals surface area contributed by atoms with Crippen LogP contribution in [0.3, 0.4) is 0 Å². The largest absolute Gasteiger partial charge is 0.364 e. The molecule has 0 atom stereocenters. The van der Waals surface area contributed by atoms with Gasteiger partial charge in [0.1, 0.15) is 11.5 Å². The van der Waals surface area contributed by atoms with Gasteiger partial charge in [-0.3, -0.25) is 19.8 Å². The summed E-state index contributed by atoms with van der Waals surface area (Å²) >= 11 is 0. The summed E-state index contributed by atoms with van der Waals surface area (Å²) in [6.07, 6.45) is 3.28. The van der Waals surface area contributed by atoms with Crippen molar-refractivity contribution in [1.29, 1.82) is 0 Å². The van der Waals surface area contributed by atoms with Gasteiger partial charge in [-0.05, 0) is 29.3 Å². The monoisotopic (exact) mass is 438 g/mol. The summed E-state index contributed by atoms with van der Waals surface area (Å²) in [7, 11) is 1.73. The van der Waals surface area contributed by atoms with Gasteiger partial charge in [0.25, 0.3) is 5.91 Å². The lowest BCUT2D eigenvalue weighted by Crippen LogP contribution is -2.25. The van der Waals surface area contributed by atoms with Crippen molar-refractivity contribution >= 4 is 23.6 Å². The number of nitrogens with zero attached hydrogens (tertiary/aromatic N) is 4. The summed E-state index contributed by atoms with van der Waals surface area (Å²) in [5.74, 6) is -0.0409. The Morgan fingerprint density at radius 1 is 1.09 bits per heavy atom. The zero-order valence-electron chi connectivity index (χ0n) is 18.0. The number of aliphatic imine (C=N–C) groups is 2. The van der Waals surface area contributed by atoms with Crippen LogP contribution in [0.5, 0.6) is 0 Å². The lowest BCUT2D eigenvalue weighted by Gasteiger charge is -2.16. The average molecular weight is 438 g/mol. The van der Waals surface area contributed by atoms with Crippen molar-refractivity contribution in [1.82, 2.24) is 15.5 Å². The fourth-order valence-corrected chi connectivity index (χ4v) is 3.31. The molecular weight excluding hydrogens is 416 g/mol. The first-order valence-corrected chi connectivity index (χ1v) is 10.3. The molecule has 0 aliphatic carbocycles. The van der Waals surface area contributed by atoms with Gasteiger partial charge < -0.3 is 15.6 Å². The fraction of sp³-hybridized carbons (Fsp3) is 0.0800. The van der Waals surface area contributed by atoms with E-state index < -0.39 is 5.91 Å². The summed E-state index contributed by atoms with van der Waals surface area (Å²) in [6.45, 7) is 0.505. The molecule has 2 heterocycles. The van der Waals surface area contributed by atoms with Gasteiger partial charge in [0, 0.05) is 24.9 Å². The molecule has 2 aromatic carbocycles. The second kappa shape index (κ2) is 10.1. The molecule has 0 unspecified atom stereocenters. The molecule has 0 fully saturated rings. The standard InChI is InChI=1S/C25H22N6O2/c1-27-25(30-15-18-10-5-6-13-28-18)23-20(17-8-3-2-4-9-17)11-7-12-21(23)29-16-19-14-22(24(26)32)33-31-19/h2-14,16H,15H2,1H3,(H2,26,32)(H,27,30). The van der Waals surface area contributed by atoms with Gasteiger partial charge in [0.05, 0.1) is 24.1 Å². The van der Waals surface area contributed by atoms with Gasteiger partial charge in [-0.2, -0.15) is 0 Å². The Morgan fingerprint density at radius 2 is 1.91 bits per heavy atom. The van der Waals surface area contributed by atoms with Gasteiger partial charge in [0.15, 0.2) is 0 Å². The van der Waals surface area contributed by atoms with E-state index in [1.807, 2.05) is 66.7 Å². The third-order valence-corrected chi connectivity index (χ3v) is 4.86. The molecule has 8 nitrogen and oxygen atoms in total. The molecule has 0 aliphatic heterocycles. The minimum atomic E-state index is -0.687. The van der Waals surface area contributed by atoms with Gasteiger partial charge in [-0.15, -0.1) is 0 Å². The molecule has 4 aromatic rings. The number of primary amides is 1. The SMILES string of the molecule is CN=C(NCc1ccccn1)c1c(N=Cc2cc(C(N)=O)on2)cccc1-c1ccccc1. The molecule has 0 bridgehead atoms. The maximum atomic E-state index is 11.3. The number of aromatic nitrogens is 2. The second-order valence-electron chi connectivity index (χ2n) is 7.05. The Balaban J connectivity index is 1.74. The summed E-state index contributed by atoms with van der Waals surface area (Å²) in [4.78, 5) is 24.8. The third kappa shape index (κ3) is 5.19. The Labute approximate surface area is 190 Å². The minimum absolute atomic E-state index is 0.0254. The highest BCUT2D eigenvalue weighted by atomic mass is 16.5. The maximum absolute atomic E-state index is 11.3. The molecule has 0 aliphatic rings. The van der Waals surface area contributed by atoms with Crippen LogP contribution in [0, 0.1) is 0 Å². The number of nitrogens with one attached hydrogen (secondary N) is 1. The maximum Gasteiger partial charge on any atom is 0.287 e. The zero-order chi connectivity index (χ0) is 23.0. The van der Waals surface area contributed by atoms with E-state index in [9.17, 15) is 4.79 Å². The Kier molecular flexibility index (Phi) is 6.65. The number of pyridine rings is 1. The Morgan fingerprint density at radius 3 is 2.61 bits per heavy atom. The Bertz CT molecular complexity index is 1300. The van der Waals surface area contributed by atoms with E-state index >= 15 is 0 Å². The number of amidine groups is 1. The first kappa shape index (κ1) is 21.6. The van der Waals surface area contributed by atoms with Crippen LogP contribution >= 0.6 is 0 Å². The molecule has 0 radical (unpaired) electrons. The van der Waals surface area contributed by atoms with Crippen LogP contribution in [0.4, 0.5) is 5.69 Å². The number of hydrogen-bond acceptors (Lipinski definition) is 6. The smallest absolute Gasteiger partial charge is 0.287 e. The Hall–Kier alpha value is -4.59. The summed E-state index contributed by atoms with van der Waals surface area (Å²) in [5, 5.41) is 7.21. The summed E-state index contributed by atoms with van der Waals surface area (Å²) < 4.78 is 4.94. The first-order chi connectivity index (χ1) is 16.2. The van der Waals surface area contributed by atoms with Crippen LogP contribution < -0.4 is 11.1 Å². The van der Waals surface area contributed by atoms with Crippen LogP contribution in [0.1, 0.15) is 27.5 Å². The third-order valence-electron chi connectivity index (χ3n) is 4.86. The molecule has 0 saturated carbocycles. The van der Waals surface area contributed by atoms with Crippen LogP contribution in [-0.2, 0) is 6.54 Å². The normalized spacial score (nSPS) is 11.6.